The number of fused-ring (bicyclic) bond motifs is 2. The van der Waals surface area contributed by atoms with Crippen molar-refractivity contribution in [2.45, 2.75) is 0 Å². The fourth-order valence-electron chi connectivity index (χ4n) is 3.37. The van der Waals surface area contributed by atoms with Gasteiger partial charge in [0, 0.05) is 23.3 Å². The van der Waals surface area contributed by atoms with E-state index in [0.717, 1.165) is 11.3 Å². The molecule has 0 saturated heterocycles. The van der Waals surface area contributed by atoms with Gasteiger partial charge in [-0.15, -0.1) is 0 Å². The molecule has 0 atom stereocenters. The molecule has 0 spiro atoms. The van der Waals surface area contributed by atoms with E-state index in [4.69, 9.17) is 4.74 Å². The average Bonchev–Trinajstić information content (AvgIpc) is 2.62. The largest absolute Gasteiger partial charge is 1.00 e. The van der Waals surface area contributed by atoms with Crippen LogP contribution in [0.15, 0.2) is 72.8 Å². The Morgan fingerprint density at radius 2 is 1.21 bits per heavy atom. The summed E-state index contributed by atoms with van der Waals surface area (Å²) in [6.07, 6.45) is 0. The fourth-order valence-corrected chi connectivity index (χ4v) is 3.37. The van der Waals surface area contributed by atoms with Gasteiger partial charge in [0.15, 0.2) is 0 Å². The Morgan fingerprint density at radius 3 is 1.79 bits per heavy atom. The van der Waals surface area contributed by atoms with Crippen LogP contribution in [0.3, 0.4) is 0 Å². The molecule has 4 aromatic rings. The standard InChI is InChI=1S/C21H18NO.ClH/c1-22-18-12-6-3-9-15(18)21(16-10-4-7-13-19(16)22)17-11-5-8-14-20(17)23-2;/h3-14H,1-2H3;1H/q+1;/p-1. The molecule has 0 fully saturated rings. The summed E-state index contributed by atoms with van der Waals surface area (Å²) in [5, 5.41) is 2.47. The Labute approximate surface area is 147 Å². The van der Waals surface area contributed by atoms with Gasteiger partial charge in [0.1, 0.15) is 12.8 Å². The van der Waals surface area contributed by atoms with Gasteiger partial charge in [0.25, 0.3) is 0 Å². The van der Waals surface area contributed by atoms with Crippen molar-refractivity contribution in [2.24, 2.45) is 7.05 Å². The van der Waals surface area contributed by atoms with Gasteiger partial charge in [0.2, 0.25) is 11.0 Å². The van der Waals surface area contributed by atoms with Crippen molar-refractivity contribution in [1.29, 1.82) is 0 Å². The van der Waals surface area contributed by atoms with Crippen molar-refractivity contribution in [3.8, 4) is 16.9 Å². The number of methoxy groups -OCH3 is 1. The number of benzene rings is 3. The minimum absolute atomic E-state index is 0. The van der Waals surface area contributed by atoms with E-state index < -0.39 is 0 Å². The first-order chi connectivity index (χ1) is 11.3. The number of hydrogen-bond acceptors (Lipinski definition) is 1. The molecule has 4 rings (SSSR count). The van der Waals surface area contributed by atoms with Crippen LogP contribution in [-0.2, 0) is 7.05 Å². The fraction of sp³-hybridized carbons (Fsp3) is 0.0952. The van der Waals surface area contributed by atoms with Crippen molar-refractivity contribution in [3.63, 3.8) is 0 Å². The van der Waals surface area contributed by atoms with Crippen LogP contribution in [0, 0.1) is 0 Å². The molecule has 0 aliphatic heterocycles. The highest BCUT2D eigenvalue weighted by molar-refractivity contribution is 6.08. The van der Waals surface area contributed by atoms with Gasteiger partial charge >= 0.3 is 0 Å². The lowest BCUT2D eigenvalue weighted by molar-refractivity contribution is -0.617. The lowest BCUT2D eigenvalue weighted by Crippen LogP contribution is -3.00. The lowest BCUT2D eigenvalue weighted by atomic mass is 9.95. The maximum atomic E-state index is 5.62. The monoisotopic (exact) mass is 335 g/mol. The first kappa shape index (κ1) is 16.3. The lowest BCUT2D eigenvalue weighted by Gasteiger charge is -2.13. The highest BCUT2D eigenvalue weighted by Gasteiger charge is 2.20. The first-order valence-corrected chi connectivity index (χ1v) is 7.74. The predicted molar refractivity (Wildman–Crippen MR) is 94.6 cm³/mol. The number of halogens is 1. The van der Waals surface area contributed by atoms with E-state index in [1.807, 2.05) is 12.1 Å². The summed E-state index contributed by atoms with van der Waals surface area (Å²) in [4.78, 5) is 0. The second-order valence-electron chi connectivity index (χ2n) is 5.67. The second-order valence-corrected chi connectivity index (χ2v) is 5.67. The van der Waals surface area contributed by atoms with Gasteiger partial charge in [-0.1, -0.05) is 42.5 Å². The maximum Gasteiger partial charge on any atom is 0.213 e. The maximum absolute atomic E-state index is 5.62. The van der Waals surface area contributed by atoms with E-state index in [1.165, 1.54) is 27.4 Å². The number of pyridine rings is 1. The molecule has 1 aromatic heterocycles. The van der Waals surface area contributed by atoms with Gasteiger partial charge < -0.3 is 17.1 Å². The summed E-state index contributed by atoms with van der Waals surface area (Å²) in [5.41, 5.74) is 4.79. The molecule has 3 aromatic carbocycles. The molecule has 120 valence electrons. The number of ether oxygens (including phenoxy) is 1. The van der Waals surface area contributed by atoms with Gasteiger partial charge in [-0.05, 0) is 18.2 Å². The van der Waals surface area contributed by atoms with Gasteiger partial charge in [-0.3, -0.25) is 0 Å². The summed E-state index contributed by atoms with van der Waals surface area (Å²) in [6, 6.07) is 25.3. The van der Waals surface area contributed by atoms with Gasteiger partial charge in [-0.25, -0.2) is 0 Å². The van der Waals surface area contributed by atoms with Crippen molar-refractivity contribution in [1.82, 2.24) is 0 Å². The quantitative estimate of drug-likeness (QED) is 0.400. The van der Waals surface area contributed by atoms with Crippen molar-refractivity contribution < 1.29 is 21.7 Å². The molecule has 0 bridgehead atoms. The van der Waals surface area contributed by atoms with Crippen molar-refractivity contribution in [2.75, 3.05) is 7.11 Å². The molecule has 0 amide bonds. The van der Waals surface area contributed by atoms with E-state index in [1.54, 1.807) is 7.11 Å². The van der Waals surface area contributed by atoms with Crippen LogP contribution in [-0.4, -0.2) is 7.11 Å². The predicted octanol–water partition coefficient (Wildman–Crippen LogP) is 1.50. The molecule has 24 heavy (non-hydrogen) atoms. The number of hydrogen-bond donors (Lipinski definition) is 0. The van der Waals surface area contributed by atoms with Gasteiger partial charge in [0.05, 0.1) is 17.9 Å². The Balaban J connectivity index is 0.00000169. The molecular formula is C21H18ClNO. The molecule has 2 nitrogen and oxygen atoms in total. The number of aromatic nitrogens is 1. The minimum Gasteiger partial charge on any atom is -1.00 e. The third-order valence-electron chi connectivity index (χ3n) is 4.45. The number of nitrogens with zero attached hydrogens (tertiary/aromatic N) is 1. The van der Waals surface area contributed by atoms with E-state index >= 15 is 0 Å². The molecule has 0 unspecified atom stereocenters. The molecule has 0 aliphatic carbocycles. The number of para-hydroxylation sites is 3. The summed E-state index contributed by atoms with van der Waals surface area (Å²) in [6.45, 7) is 0. The molecule has 1 heterocycles. The van der Waals surface area contributed by atoms with Crippen LogP contribution in [0.1, 0.15) is 0 Å². The molecular weight excluding hydrogens is 318 g/mol. The zero-order valence-electron chi connectivity index (χ0n) is 13.7. The van der Waals surface area contributed by atoms with Gasteiger partial charge in [-0.2, -0.15) is 4.57 Å². The summed E-state index contributed by atoms with van der Waals surface area (Å²) in [7, 11) is 3.85. The third-order valence-corrected chi connectivity index (χ3v) is 4.45. The van der Waals surface area contributed by atoms with Crippen LogP contribution < -0.4 is 21.7 Å². The number of aryl methyl sites for hydroxylation is 1. The normalized spacial score (nSPS) is 10.6. The Hall–Kier alpha value is -2.58. The van der Waals surface area contributed by atoms with Crippen molar-refractivity contribution in [3.05, 3.63) is 72.8 Å². The highest BCUT2D eigenvalue weighted by atomic mass is 35.5. The average molecular weight is 336 g/mol. The summed E-state index contributed by atoms with van der Waals surface area (Å²) in [5.74, 6) is 0.900. The van der Waals surface area contributed by atoms with Crippen LogP contribution in [0.4, 0.5) is 0 Å². The molecule has 0 N–H and O–H groups in total. The first-order valence-electron chi connectivity index (χ1n) is 7.74. The second kappa shape index (κ2) is 6.50. The van der Waals surface area contributed by atoms with Crippen molar-refractivity contribution >= 4 is 21.8 Å². The van der Waals surface area contributed by atoms with E-state index in [2.05, 4.69) is 72.3 Å². The highest BCUT2D eigenvalue weighted by Crippen LogP contribution is 2.38. The minimum atomic E-state index is 0. The Kier molecular flexibility index (Phi) is 4.41. The van der Waals surface area contributed by atoms with Crippen LogP contribution in [0.5, 0.6) is 5.75 Å². The van der Waals surface area contributed by atoms with Crippen LogP contribution in [0.25, 0.3) is 32.9 Å². The third kappa shape index (κ3) is 2.40. The van der Waals surface area contributed by atoms with Crippen LogP contribution in [0.2, 0.25) is 0 Å². The number of rotatable bonds is 2. The zero-order chi connectivity index (χ0) is 15.8. The van der Waals surface area contributed by atoms with E-state index in [-0.39, 0.29) is 12.4 Å². The Morgan fingerprint density at radius 1 is 0.708 bits per heavy atom. The zero-order valence-corrected chi connectivity index (χ0v) is 14.4. The Bertz CT molecular complexity index is 970. The molecule has 0 radical (unpaired) electrons. The molecule has 0 saturated carbocycles. The topological polar surface area (TPSA) is 13.1 Å². The summed E-state index contributed by atoms with van der Waals surface area (Å²) >= 11 is 0. The smallest absolute Gasteiger partial charge is 0.213 e. The summed E-state index contributed by atoms with van der Waals surface area (Å²) < 4.78 is 7.87. The van der Waals surface area contributed by atoms with Crippen LogP contribution >= 0.6 is 0 Å². The van der Waals surface area contributed by atoms with E-state index in [9.17, 15) is 0 Å². The van der Waals surface area contributed by atoms with E-state index in [0.29, 0.717) is 0 Å². The molecule has 0 aliphatic rings. The SMILES string of the molecule is COc1ccccc1-c1c2ccccc2[n+](C)c2ccccc12.[Cl-]. The molecule has 3 heteroatoms.